The summed E-state index contributed by atoms with van der Waals surface area (Å²) in [4.78, 5) is 22.6. The maximum Gasteiger partial charge on any atom is 0.273 e. The number of carbonyl (C=O) groups is 1. The summed E-state index contributed by atoms with van der Waals surface area (Å²) in [5.74, 6) is 0.713. The third-order valence-electron chi connectivity index (χ3n) is 4.23. The zero-order valence-corrected chi connectivity index (χ0v) is 14.2. The summed E-state index contributed by atoms with van der Waals surface area (Å²) in [5.41, 5.74) is -0.253. The Morgan fingerprint density at radius 3 is 2.96 bits per heavy atom. The van der Waals surface area contributed by atoms with E-state index in [9.17, 15) is 9.90 Å². The molecule has 0 spiro atoms. The number of nitrogens with zero attached hydrogens (tertiary/aromatic N) is 4. The number of hydrogen-bond donors (Lipinski definition) is 2. The SMILES string of the molecule is COCc1c(C(=O)NC[C@]2(O)CCN(c3ncccn3)C2)noc1C. The molecule has 2 aromatic heterocycles. The monoisotopic (exact) mass is 347 g/mol. The van der Waals surface area contributed by atoms with E-state index in [4.69, 9.17) is 9.26 Å². The third-order valence-corrected chi connectivity index (χ3v) is 4.23. The number of methoxy groups -OCH3 is 1. The molecule has 1 amide bonds. The molecule has 134 valence electrons. The fraction of sp³-hybridized carbons (Fsp3) is 0.500. The second kappa shape index (κ2) is 7.16. The van der Waals surface area contributed by atoms with Crippen LogP contribution in [0.1, 0.15) is 28.2 Å². The number of rotatable bonds is 6. The molecule has 2 aromatic rings. The van der Waals surface area contributed by atoms with Gasteiger partial charge < -0.3 is 24.6 Å². The van der Waals surface area contributed by atoms with Crippen molar-refractivity contribution < 1.29 is 19.2 Å². The van der Waals surface area contributed by atoms with Crippen molar-refractivity contribution in [1.29, 1.82) is 0 Å². The van der Waals surface area contributed by atoms with Crippen molar-refractivity contribution in [2.45, 2.75) is 25.6 Å². The van der Waals surface area contributed by atoms with Gasteiger partial charge in [0.05, 0.1) is 18.7 Å². The first kappa shape index (κ1) is 17.3. The molecule has 1 atom stereocenters. The molecule has 1 fully saturated rings. The fourth-order valence-corrected chi connectivity index (χ4v) is 2.84. The van der Waals surface area contributed by atoms with Gasteiger partial charge in [0.1, 0.15) is 11.4 Å². The average molecular weight is 347 g/mol. The highest BCUT2D eigenvalue weighted by atomic mass is 16.5. The molecule has 0 saturated carbocycles. The highest BCUT2D eigenvalue weighted by Gasteiger charge is 2.37. The smallest absolute Gasteiger partial charge is 0.273 e. The Morgan fingerprint density at radius 1 is 1.48 bits per heavy atom. The molecule has 3 heterocycles. The minimum absolute atomic E-state index is 0.105. The van der Waals surface area contributed by atoms with E-state index >= 15 is 0 Å². The molecular formula is C16H21N5O4. The highest BCUT2D eigenvalue weighted by molar-refractivity contribution is 5.93. The molecule has 0 aromatic carbocycles. The van der Waals surface area contributed by atoms with E-state index in [0.29, 0.717) is 36.8 Å². The molecule has 9 heteroatoms. The predicted octanol–water partition coefficient (Wildman–Crippen LogP) is 0.291. The van der Waals surface area contributed by atoms with Crippen molar-refractivity contribution in [3.05, 3.63) is 35.5 Å². The molecular weight excluding hydrogens is 326 g/mol. The van der Waals surface area contributed by atoms with Crippen molar-refractivity contribution in [1.82, 2.24) is 20.4 Å². The van der Waals surface area contributed by atoms with Gasteiger partial charge in [0.15, 0.2) is 5.69 Å². The van der Waals surface area contributed by atoms with Gasteiger partial charge in [0.2, 0.25) is 5.95 Å². The lowest BCUT2D eigenvalue weighted by atomic mass is 10.0. The van der Waals surface area contributed by atoms with Gasteiger partial charge in [-0.2, -0.15) is 0 Å². The predicted molar refractivity (Wildman–Crippen MR) is 88.1 cm³/mol. The van der Waals surface area contributed by atoms with Crippen molar-refractivity contribution in [2.24, 2.45) is 0 Å². The quantitative estimate of drug-likeness (QED) is 0.766. The molecule has 0 aliphatic carbocycles. The van der Waals surface area contributed by atoms with Crippen LogP contribution >= 0.6 is 0 Å². The van der Waals surface area contributed by atoms with Crippen molar-refractivity contribution in [3.63, 3.8) is 0 Å². The van der Waals surface area contributed by atoms with Crippen LogP contribution < -0.4 is 10.2 Å². The van der Waals surface area contributed by atoms with Crippen LogP contribution in [0, 0.1) is 6.92 Å². The maximum atomic E-state index is 12.4. The molecule has 0 unspecified atom stereocenters. The lowest BCUT2D eigenvalue weighted by Crippen LogP contribution is -2.45. The van der Waals surface area contributed by atoms with E-state index in [1.807, 2.05) is 4.90 Å². The van der Waals surface area contributed by atoms with Gasteiger partial charge in [-0.1, -0.05) is 5.16 Å². The largest absolute Gasteiger partial charge is 0.386 e. The molecule has 9 nitrogen and oxygen atoms in total. The van der Waals surface area contributed by atoms with Crippen LogP contribution in [0.25, 0.3) is 0 Å². The molecule has 1 saturated heterocycles. The van der Waals surface area contributed by atoms with Gasteiger partial charge in [-0.25, -0.2) is 9.97 Å². The van der Waals surface area contributed by atoms with Crippen LogP contribution in [0.2, 0.25) is 0 Å². The summed E-state index contributed by atoms with van der Waals surface area (Å²) in [6.45, 7) is 3.03. The summed E-state index contributed by atoms with van der Waals surface area (Å²) >= 11 is 0. The maximum absolute atomic E-state index is 12.4. The topological polar surface area (TPSA) is 114 Å². The number of amides is 1. The van der Waals surface area contributed by atoms with Gasteiger partial charge in [0.25, 0.3) is 5.91 Å². The van der Waals surface area contributed by atoms with Crippen LogP contribution in [0.15, 0.2) is 23.0 Å². The third kappa shape index (κ3) is 3.77. The molecule has 0 bridgehead atoms. The normalized spacial score (nSPS) is 20.0. The Balaban J connectivity index is 1.61. The zero-order chi connectivity index (χ0) is 17.9. The van der Waals surface area contributed by atoms with Crippen LogP contribution in [0.4, 0.5) is 5.95 Å². The number of aryl methyl sites for hydroxylation is 1. The number of carbonyl (C=O) groups excluding carboxylic acids is 1. The number of anilines is 1. The van der Waals surface area contributed by atoms with Gasteiger partial charge in [-0.15, -0.1) is 0 Å². The Morgan fingerprint density at radius 2 is 2.24 bits per heavy atom. The van der Waals surface area contributed by atoms with Gasteiger partial charge in [-0.05, 0) is 19.4 Å². The fourth-order valence-electron chi connectivity index (χ4n) is 2.84. The van der Waals surface area contributed by atoms with Crippen LogP contribution in [0.3, 0.4) is 0 Å². The van der Waals surface area contributed by atoms with Crippen molar-refractivity contribution in [3.8, 4) is 0 Å². The van der Waals surface area contributed by atoms with Gasteiger partial charge in [-0.3, -0.25) is 4.79 Å². The number of nitrogens with one attached hydrogen (secondary N) is 1. The van der Waals surface area contributed by atoms with E-state index in [-0.39, 0.29) is 18.8 Å². The number of ether oxygens (including phenoxy) is 1. The van der Waals surface area contributed by atoms with E-state index in [1.165, 1.54) is 7.11 Å². The van der Waals surface area contributed by atoms with E-state index in [0.717, 1.165) is 0 Å². The molecule has 0 radical (unpaired) electrons. The second-order valence-electron chi connectivity index (χ2n) is 6.13. The number of β-amino-alcohol motifs (C(OH)–C–C–N with tert-alkyl or cyclic N) is 1. The second-order valence-corrected chi connectivity index (χ2v) is 6.13. The zero-order valence-electron chi connectivity index (χ0n) is 14.2. The number of aliphatic hydroxyl groups is 1. The van der Waals surface area contributed by atoms with Crippen molar-refractivity contribution >= 4 is 11.9 Å². The standard InChI is InChI=1S/C16H21N5O4/c1-11-12(8-24-2)13(20-25-11)14(22)19-9-16(23)4-7-21(10-16)15-17-5-3-6-18-15/h3,5-6,23H,4,7-10H2,1-2H3,(H,19,22)/t16-/m1/s1. The van der Waals surface area contributed by atoms with E-state index in [2.05, 4.69) is 20.4 Å². The summed E-state index contributed by atoms with van der Waals surface area (Å²) in [5, 5.41) is 17.2. The van der Waals surface area contributed by atoms with Gasteiger partial charge >= 0.3 is 0 Å². The summed E-state index contributed by atoms with van der Waals surface area (Å²) in [7, 11) is 1.54. The Kier molecular flexibility index (Phi) is 4.95. The Bertz CT molecular complexity index is 735. The Hall–Kier alpha value is -2.52. The molecule has 1 aliphatic heterocycles. The first-order valence-electron chi connectivity index (χ1n) is 7.99. The highest BCUT2D eigenvalue weighted by Crippen LogP contribution is 2.24. The molecule has 3 rings (SSSR count). The molecule has 1 aliphatic rings. The number of aromatic nitrogens is 3. The summed E-state index contributed by atoms with van der Waals surface area (Å²) < 4.78 is 10.1. The lowest BCUT2D eigenvalue weighted by molar-refractivity contribution is 0.0571. The van der Waals surface area contributed by atoms with Crippen LogP contribution in [-0.4, -0.2) is 58.5 Å². The Labute approximate surface area is 145 Å². The lowest BCUT2D eigenvalue weighted by Gasteiger charge is -2.23. The van der Waals surface area contributed by atoms with Gasteiger partial charge in [0, 0.05) is 32.6 Å². The molecule has 25 heavy (non-hydrogen) atoms. The van der Waals surface area contributed by atoms with E-state index in [1.54, 1.807) is 25.4 Å². The van der Waals surface area contributed by atoms with E-state index < -0.39 is 11.5 Å². The van der Waals surface area contributed by atoms with Crippen LogP contribution in [-0.2, 0) is 11.3 Å². The first-order valence-corrected chi connectivity index (χ1v) is 7.99. The number of hydrogen-bond acceptors (Lipinski definition) is 8. The minimum Gasteiger partial charge on any atom is -0.386 e. The average Bonchev–Trinajstić information content (AvgIpc) is 3.19. The van der Waals surface area contributed by atoms with Crippen molar-refractivity contribution in [2.75, 3.05) is 31.6 Å². The first-order chi connectivity index (χ1) is 12.0. The van der Waals surface area contributed by atoms with Crippen LogP contribution in [0.5, 0.6) is 0 Å². The molecule has 2 N–H and O–H groups in total. The summed E-state index contributed by atoms with van der Waals surface area (Å²) in [6, 6.07) is 1.74. The minimum atomic E-state index is -1.05. The summed E-state index contributed by atoms with van der Waals surface area (Å²) in [6.07, 6.45) is 3.83.